The fourth-order valence-corrected chi connectivity index (χ4v) is 2.14. The first-order chi connectivity index (χ1) is 8.11. The summed E-state index contributed by atoms with van der Waals surface area (Å²) < 4.78 is 4.60. The quantitative estimate of drug-likeness (QED) is 0.715. The van der Waals surface area contributed by atoms with Crippen LogP contribution in [-0.2, 0) is 14.3 Å². The third-order valence-corrected chi connectivity index (χ3v) is 3.08. The van der Waals surface area contributed by atoms with Crippen LogP contribution in [-0.4, -0.2) is 49.6 Å². The highest BCUT2D eigenvalue weighted by Crippen LogP contribution is 2.11. The van der Waals surface area contributed by atoms with E-state index in [2.05, 4.69) is 15.0 Å². The Labute approximate surface area is 102 Å². The van der Waals surface area contributed by atoms with Crippen LogP contribution in [0.1, 0.15) is 32.6 Å². The van der Waals surface area contributed by atoms with Crippen LogP contribution in [0.2, 0.25) is 0 Å². The first-order valence-electron chi connectivity index (χ1n) is 6.18. The molecule has 17 heavy (non-hydrogen) atoms. The monoisotopic (exact) mass is 242 g/mol. The van der Waals surface area contributed by atoms with Crippen LogP contribution in [0.5, 0.6) is 0 Å². The van der Waals surface area contributed by atoms with Gasteiger partial charge in [-0.1, -0.05) is 0 Å². The number of nitrogens with one attached hydrogen (secondary N) is 1. The summed E-state index contributed by atoms with van der Waals surface area (Å²) in [6, 6.07) is 0.323. The molecule has 0 bridgehead atoms. The van der Waals surface area contributed by atoms with E-state index in [4.69, 9.17) is 0 Å². The Morgan fingerprint density at radius 2 is 2.00 bits per heavy atom. The zero-order chi connectivity index (χ0) is 12.7. The zero-order valence-electron chi connectivity index (χ0n) is 10.7. The molecule has 0 aromatic heterocycles. The molecule has 0 spiro atoms. The van der Waals surface area contributed by atoms with Gasteiger partial charge in [0, 0.05) is 32.5 Å². The average molecular weight is 242 g/mol. The number of rotatable bonds is 5. The lowest BCUT2D eigenvalue weighted by Crippen LogP contribution is -2.44. The van der Waals surface area contributed by atoms with Crippen molar-refractivity contribution in [1.82, 2.24) is 10.2 Å². The summed E-state index contributed by atoms with van der Waals surface area (Å²) in [6.07, 6.45) is 3.33. The lowest BCUT2D eigenvalue weighted by molar-refractivity contribution is -0.140. The summed E-state index contributed by atoms with van der Waals surface area (Å²) in [5, 5.41) is 2.95. The predicted octanol–water partition coefficient (Wildman–Crippen LogP) is 0.540. The molecule has 1 heterocycles. The molecule has 1 rings (SSSR count). The molecule has 0 radical (unpaired) electrons. The molecule has 5 heteroatoms. The summed E-state index contributed by atoms with van der Waals surface area (Å²) in [5.41, 5.74) is 0. The topological polar surface area (TPSA) is 58.6 Å². The van der Waals surface area contributed by atoms with Crippen molar-refractivity contribution < 1.29 is 14.3 Å². The number of carbonyl (C=O) groups is 2. The summed E-state index contributed by atoms with van der Waals surface area (Å²) in [6.45, 7) is 4.48. The highest BCUT2D eigenvalue weighted by Gasteiger charge is 2.19. The average Bonchev–Trinajstić information content (AvgIpc) is 2.30. The van der Waals surface area contributed by atoms with Gasteiger partial charge in [0.05, 0.1) is 7.11 Å². The number of esters is 1. The Bertz CT molecular complexity index is 260. The van der Waals surface area contributed by atoms with E-state index in [0.29, 0.717) is 12.5 Å². The molecule has 0 saturated carbocycles. The number of nitrogens with zero attached hydrogens (tertiary/aromatic N) is 1. The van der Waals surface area contributed by atoms with Crippen molar-refractivity contribution in [2.45, 2.75) is 38.6 Å². The largest absolute Gasteiger partial charge is 0.469 e. The maximum atomic E-state index is 10.9. The molecule has 1 amide bonds. The maximum Gasteiger partial charge on any atom is 0.305 e. The Kier molecular flexibility index (Phi) is 5.97. The number of amides is 1. The van der Waals surface area contributed by atoms with Crippen LogP contribution >= 0.6 is 0 Å². The fraction of sp³-hybridized carbons (Fsp3) is 0.833. The lowest BCUT2D eigenvalue weighted by atomic mass is 10.0. The molecular weight excluding hydrogens is 220 g/mol. The van der Waals surface area contributed by atoms with Crippen molar-refractivity contribution in [3.63, 3.8) is 0 Å². The lowest BCUT2D eigenvalue weighted by Gasteiger charge is -2.32. The van der Waals surface area contributed by atoms with E-state index in [1.807, 2.05) is 0 Å². The van der Waals surface area contributed by atoms with Gasteiger partial charge < -0.3 is 15.0 Å². The smallest absolute Gasteiger partial charge is 0.305 e. The molecule has 1 aliphatic rings. The van der Waals surface area contributed by atoms with Crippen LogP contribution in [0, 0.1) is 0 Å². The van der Waals surface area contributed by atoms with Gasteiger partial charge in [0.1, 0.15) is 0 Å². The Morgan fingerprint density at radius 3 is 2.53 bits per heavy atom. The molecule has 0 unspecified atom stereocenters. The minimum Gasteiger partial charge on any atom is -0.469 e. The molecule has 0 aromatic carbocycles. The zero-order valence-corrected chi connectivity index (χ0v) is 10.7. The molecule has 5 nitrogen and oxygen atoms in total. The van der Waals surface area contributed by atoms with Crippen LogP contribution in [0.4, 0.5) is 0 Å². The summed E-state index contributed by atoms with van der Waals surface area (Å²) >= 11 is 0. The van der Waals surface area contributed by atoms with Gasteiger partial charge >= 0.3 is 5.97 Å². The second-order valence-electron chi connectivity index (χ2n) is 4.50. The maximum absolute atomic E-state index is 10.9. The van der Waals surface area contributed by atoms with Crippen LogP contribution in [0.15, 0.2) is 0 Å². The van der Waals surface area contributed by atoms with E-state index in [-0.39, 0.29) is 11.9 Å². The number of methoxy groups -OCH3 is 1. The minimum atomic E-state index is -0.141. The molecule has 0 aliphatic carbocycles. The van der Waals surface area contributed by atoms with Gasteiger partial charge in [-0.25, -0.2) is 0 Å². The Balaban J connectivity index is 2.10. The van der Waals surface area contributed by atoms with E-state index >= 15 is 0 Å². The first kappa shape index (κ1) is 14.0. The number of hydrogen-bond acceptors (Lipinski definition) is 4. The highest BCUT2D eigenvalue weighted by atomic mass is 16.5. The summed E-state index contributed by atoms with van der Waals surface area (Å²) in [7, 11) is 1.42. The molecule has 1 N–H and O–H groups in total. The number of likely N-dealkylation sites (tertiary alicyclic amines) is 1. The molecule has 0 atom stereocenters. The number of ether oxygens (including phenoxy) is 1. The van der Waals surface area contributed by atoms with E-state index in [1.165, 1.54) is 7.11 Å². The first-order valence-corrected chi connectivity index (χ1v) is 6.18. The second kappa shape index (κ2) is 7.27. The van der Waals surface area contributed by atoms with Crippen LogP contribution in [0.25, 0.3) is 0 Å². The number of hydrogen-bond donors (Lipinski definition) is 1. The van der Waals surface area contributed by atoms with Gasteiger partial charge in [0.25, 0.3) is 0 Å². The van der Waals surface area contributed by atoms with Gasteiger partial charge in [-0.3, -0.25) is 9.59 Å². The van der Waals surface area contributed by atoms with Crippen molar-refractivity contribution in [2.24, 2.45) is 0 Å². The normalized spacial score (nSPS) is 17.8. The third-order valence-electron chi connectivity index (χ3n) is 3.08. The van der Waals surface area contributed by atoms with Gasteiger partial charge in [-0.15, -0.1) is 0 Å². The molecule has 98 valence electrons. The van der Waals surface area contributed by atoms with Gasteiger partial charge in [-0.2, -0.15) is 0 Å². The van der Waals surface area contributed by atoms with E-state index in [0.717, 1.165) is 38.9 Å². The molecule has 1 saturated heterocycles. The van der Waals surface area contributed by atoms with Crippen molar-refractivity contribution in [3.8, 4) is 0 Å². The summed E-state index contributed by atoms with van der Waals surface area (Å²) in [4.78, 5) is 24.2. The van der Waals surface area contributed by atoms with E-state index < -0.39 is 0 Å². The van der Waals surface area contributed by atoms with Gasteiger partial charge in [-0.05, 0) is 25.8 Å². The number of carbonyl (C=O) groups excluding carboxylic acids is 2. The fourth-order valence-electron chi connectivity index (χ4n) is 2.14. The van der Waals surface area contributed by atoms with Gasteiger partial charge in [0.15, 0.2) is 0 Å². The number of piperidine rings is 1. The Hall–Kier alpha value is -1.10. The Morgan fingerprint density at radius 1 is 1.35 bits per heavy atom. The SMILES string of the molecule is COC(=O)CCCN1CCC(NC(C)=O)CC1. The molecule has 1 fully saturated rings. The molecule has 1 aliphatic heterocycles. The van der Waals surface area contributed by atoms with Crippen molar-refractivity contribution in [1.29, 1.82) is 0 Å². The van der Waals surface area contributed by atoms with Crippen molar-refractivity contribution in [3.05, 3.63) is 0 Å². The van der Waals surface area contributed by atoms with Crippen molar-refractivity contribution in [2.75, 3.05) is 26.7 Å². The molecule has 0 aromatic rings. The highest BCUT2D eigenvalue weighted by molar-refractivity contribution is 5.73. The standard InChI is InChI=1S/C12H22N2O3/c1-10(15)13-11-5-8-14(9-6-11)7-3-4-12(16)17-2/h11H,3-9H2,1-2H3,(H,13,15). The molecular formula is C12H22N2O3. The summed E-state index contributed by atoms with van der Waals surface area (Å²) in [5.74, 6) is -0.0905. The van der Waals surface area contributed by atoms with E-state index in [9.17, 15) is 9.59 Å². The van der Waals surface area contributed by atoms with Gasteiger partial charge in [0.2, 0.25) is 5.91 Å². The predicted molar refractivity (Wildman–Crippen MR) is 64.5 cm³/mol. The van der Waals surface area contributed by atoms with Crippen LogP contribution < -0.4 is 5.32 Å². The minimum absolute atomic E-state index is 0.0501. The van der Waals surface area contributed by atoms with Crippen molar-refractivity contribution >= 4 is 11.9 Å². The van der Waals surface area contributed by atoms with E-state index in [1.54, 1.807) is 6.92 Å². The third kappa shape index (κ3) is 5.68. The second-order valence-corrected chi connectivity index (χ2v) is 4.50. The van der Waals surface area contributed by atoms with Crippen LogP contribution in [0.3, 0.4) is 0 Å².